The van der Waals surface area contributed by atoms with Crippen molar-refractivity contribution in [3.8, 4) is 11.3 Å². The van der Waals surface area contributed by atoms with E-state index >= 15 is 0 Å². The second kappa shape index (κ2) is 8.21. The highest BCUT2D eigenvalue weighted by atomic mass is 16.5. The molecule has 0 radical (unpaired) electrons. The number of ether oxygens (including phenoxy) is 1. The fourth-order valence-electron chi connectivity index (χ4n) is 2.34. The molecule has 0 spiro atoms. The predicted octanol–water partition coefficient (Wildman–Crippen LogP) is 2.60. The second-order valence-electron chi connectivity index (χ2n) is 5.66. The third-order valence-corrected chi connectivity index (χ3v) is 3.61. The maximum atomic E-state index is 11.7. The van der Waals surface area contributed by atoms with Crippen LogP contribution in [0.15, 0.2) is 48.9 Å². The fourth-order valence-corrected chi connectivity index (χ4v) is 2.34. The normalized spacial score (nSPS) is 10.5. The molecule has 3 rings (SSSR count). The molecular formula is C18H20N6O2. The first-order chi connectivity index (χ1) is 12.6. The van der Waals surface area contributed by atoms with E-state index in [-0.39, 0.29) is 5.91 Å². The van der Waals surface area contributed by atoms with Crippen LogP contribution in [0.2, 0.25) is 0 Å². The highest BCUT2D eigenvalue weighted by Gasteiger charge is 2.06. The van der Waals surface area contributed by atoms with Crippen molar-refractivity contribution >= 4 is 23.2 Å². The number of nitrogens with one attached hydrogen (secondary N) is 2. The number of rotatable bonds is 7. The summed E-state index contributed by atoms with van der Waals surface area (Å²) in [5.41, 5.74) is 3.26. The molecule has 0 saturated heterocycles. The van der Waals surface area contributed by atoms with Crippen molar-refractivity contribution in [2.24, 2.45) is 7.05 Å². The monoisotopic (exact) mass is 352 g/mol. The average Bonchev–Trinajstić information content (AvgIpc) is 3.05. The third kappa shape index (κ3) is 4.64. The minimum atomic E-state index is -0.0791. The molecule has 134 valence electrons. The first-order valence-corrected chi connectivity index (χ1v) is 8.12. The minimum absolute atomic E-state index is 0.0791. The van der Waals surface area contributed by atoms with Crippen LogP contribution in [0.4, 0.5) is 17.3 Å². The van der Waals surface area contributed by atoms with Crippen LogP contribution in [0.5, 0.6) is 0 Å². The highest BCUT2D eigenvalue weighted by Crippen LogP contribution is 2.21. The number of anilines is 3. The molecule has 0 saturated carbocycles. The Hall–Kier alpha value is -3.26. The van der Waals surface area contributed by atoms with E-state index in [0.717, 1.165) is 22.6 Å². The average molecular weight is 352 g/mol. The summed E-state index contributed by atoms with van der Waals surface area (Å²) in [6.07, 6.45) is 5.57. The molecule has 8 heteroatoms. The molecule has 0 bridgehead atoms. The summed E-state index contributed by atoms with van der Waals surface area (Å²) in [7, 11) is 3.42. The molecule has 0 atom stereocenters. The summed E-state index contributed by atoms with van der Waals surface area (Å²) in [5.74, 6) is 0.414. The maximum Gasteiger partial charge on any atom is 0.227 e. The van der Waals surface area contributed by atoms with Crippen LogP contribution in [-0.4, -0.2) is 39.4 Å². The van der Waals surface area contributed by atoms with Gasteiger partial charge in [0.05, 0.1) is 30.6 Å². The highest BCUT2D eigenvalue weighted by molar-refractivity contribution is 5.91. The number of hydrogen-bond donors (Lipinski definition) is 2. The van der Waals surface area contributed by atoms with E-state index in [4.69, 9.17) is 4.74 Å². The molecule has 0 aliphatic rings. The molecule has 26 heavy (non-hydrogen) atoms. The summed E-state index contributed by atoms with van der Waals surface area (Å²) in [6.45, 7) is 0.400. The number of methoxy groups -OCH3 is 1. The third-order valence-electron chi connectivity index (χ3n) is 3.61. The quantitative estimate of drug-likeness (QED) is 0.679. The Balaban J connectivity index is 1.69. The van der Waals surface area contributed by atoms with E-state index in [1.54, 1.807) is 24.2 Å². The van der Waals surface area contributed by atoms with E-state index in [1.165, 1.54) is 0 Å². The fraction of sp³-hybridized carbons (Fsp3) is 0.222. The molecule has 2 heterocycles. The Kier molecular flexibility index (Phi) is 5.55. The molecule has 0 aliphatic carbocycles. The Labute approximate surface area is 151 Å². The van der Waals surface area contributed by atoms with Gasteiger partial charge >= 0.3 is 0 Å². The summed E-state index contributed by atoms with van der Waals surface area (Å²) < 4.78 is 6.60. The molecule has 1 aromatic carbocycles. The van der Waals surface area contributed by atoms with Gasteiger partial charge in [0.1, 0.15) is 0 Å². The van der Waals surface area contributed by atoms with Crippen LogP contribution >= 0.6 is 0 Å². The number of carbonyl (C=O) groups is 1. The molecule has 2 N–H and O–H groups in total. The van der Waals surface area contributed by atoms with Gasteiger partial charge in [0.2, 0.25) is 11.9 Å². The molecule has 0 aliphatic heterocycles. The van der Waals surface area contributed by atoms with Gasteiger partial charge in [-0.2, -0.15) is 5.10 Å². The Bertz CT molecular complexity index is 875. The number of benzene rings is 1. The van der Waals surface area contributed by atoms with Crippen LogP contribution in [0, 0.1) is 0 Å². The predicted molar refractivity (Wildman–Crippen MR) is 99.1 cm³/mol. The van der Waals surface area contributed by atoms with Gasteiger partial charge in [0, 0.05) is 37.8 Å². The standard InChI is InChI=1S/C18H20N6O2/c1-24-12-15(11-20-24)22-18-19-9-7-16(23-18)13-3-5-14(6-4-13)21-17(25)8-10-26-2/h3-7,9,11-12H,8,10H2,1-2H3,(H,21,25)(H,19,22,23). The smallest absolute Gasteiger partial charge is 0.227 e. The van der Waals surface area contributed by atoms with Gasteiger partial charge in [-0.15, -0.1) is 0 Å². The van der Waals surface area contributed by atoms with Gasteiger partial charge in [-0.1, -0.05) is 12.1 Å². The van der Waals surface area contributed by atoms with Crippen LogP contribution in [0.25, 0.3) is 11.3 Å². The Morgan fingerprint density at radius 2 is 2.00 bits per heavy atom. The maximum absolute atomic E-state index is 11.7. The minimum Gasteiger partial charge on any atom is -0.384 e. The topological polar surface area (TPSA) is 94.0 Å². The molecule has 2 aromatic heterocycles. The van der Waals surface area contributed by atoms with Gasteiger partial charge in [0.25, 0.3) is 0 Å². The lowest BCUT2D eigenvalue weighted by Gasteiger charge is -2.07. The lowest BCUT2D eigenvalue weighted by Crippen LogP contribution is -2.13. The SMILES string of the molecule is COCCC(=O)Nc1ccc(-c2ccnc(Nc3cnn(C)c3)n2)cc1. The summed E-state index contributed by atoms with van der Waals surface area (Å²) in [6, 6.07) is 9.33. The van der Waals surface area contributed by atoms with Crippen molar-refractivity contribution in [3.63, 3.8) is 0 Å². The van der Waals surface area contributed by atoms with Gasteiger partial charge in [-0.3, -0.25) is 9.48 Å². The number of aromatic nitrogens is 4. The molecule has 0 fully saturated rings. The first-order valence-electron chi connectivity index (χ1n) is 8.12. The molecule has 8 nitrogen and oxygen atoms in total. The lowest BCUT2D eigenvalue weighted by molar-refractivity contribution is -0.117. The van der Waals surface area contributed by atoms with E-state index in [0.29, 0.717) is 19.0 Å². The number of nitrogens with zero attached hydrogens (tertiary/aromatic N) is 4. The zero-order chi connectivity index (χ0) is 18.4. The number of aryl methyl sites for hydroxylation is 1. The largest absolute Gasteiger partial charge is 0.384 e. The Morgan fingerprint density at radius 1 is 1.19 bits per heavy atom. The van der Waals surface area contributed by atoms with Crippen molar-refractivity contribution in [2.45, 2.75) is 6.42 Å². The van der Waals surface area contributed by atoms with Gasteiger partial charge < -0.3 is 15.4 Å². The zero-order valence-electron chi connectivity index (χ0n) is 14.6. The molecular weight excluding hydrogens is 332 g/mol. The van der Waals surface area contributed by atoms with E-state index < -0.39 is 0 Å². The zero-order valence-corrected chi connectivity index (χ0v) is 14.6. The lowest BCUT2D eigenvalue weighted by atomic mass is 10.1. The van der Waals surface area contributed by atoms with Crippen molar-refractivity contribution in [2.75, 3.05) is 24.4 Å². The van der Waals surface area contributed by atoms with E-state index in [2.05, 4.69) is 25.7 Å². The Morgan fingerprint density at radius 3 is 2.69 bits per heavy atom. The number of hydrogen-bond acceptors (Lipinski definition) is 6. The van der Waals surface area contributed by atoms with Crippen molar-refractivity contribution in [1.29, 1.82) is 0 Å². The molecule has 1 amide bonds. The van der Waals surface area contributed by atoms with E-state index in [9.17, 15) is 4.79 Å². The van der Waals surface area contributed by atoms with Crippen LogP contribution in [0.3, 0.4) is 0 Å². The van der Waals surface area contributed by atoms with Crippen LogP contribution in [0.1, 0.15) is 6.42 Å². The van der Waals surface area contributed by atoms with Crippen LogP contribution in [-0.2, 0) is 16.6 Å². The number of amides is 1. The van der Waals surface area contributed by atoms with Crippen LogP contribution < -0.4 is 10.6 Å². The summed E-state index contributed by atoms with van der Waals surface area (Å²) >= 11 is 0. The van der Waals surface area contributed by atoms with Gasteiger partial charge in [-0.05, 0) is 18.2 Å². The molecule has 3 aromatic rings. The molecule has 0 unspecified atom stereocenters. The van der Waals surface area contributed by atoms with Crippen molar-refractivity contribution in [1.82, 2.24) is 19.7 Å². The van der Waals surface area contributed by atoms with Crippen molar-refractivity contribution < 1.29 is 9.53 Å². The number of carbonyl (C=O) groups excluding carboxylic acids is 1. The summed E-state index contributed by atoms with van der Waals surface area (Å²) in [4.78, 5) is 20.5. The van der Waals surface area contributed by atoms with Gasteiger partial charge in [0.15, 0.2) is 0 Å². The summed E-state index contributed by atoms with van der Waals surface area (Å²) in [5, 5.41) is 10.0. The second-order valence-corrected chi connectivity index (χ2v) is 5.66. The van der Waals surface area contributed by atoms with E-state index in [1.807, 2.05) is 43.6 Å². The van der Waals surface area contributed by atoms with Crippen molar-refractivity contribution in [3.05, 3.63) is 48.9 Å². The van der Waals surface area contributed by atoms with Gasteiger partial charge in [-0.25, -0.2) is 9.97 Å². The first kappa shape index (κ1) is 17.6.